The molecule has 2 N–H and O–H groups in total. The maximum atomic E-state index is 12.9. The molecule has 0 saturated heterocycles. The molecule has 0 spiro atoms. The van der Waals surface area contributed by atoms with E-state index in [2.05, 4.69) is 15.3 Å². The number of nitrogens with zero attached hydrogens (tertiary/aromatic N) is 1. The molecule has 0 fully saturated rings. The number of sulfone groups is 1. The first-order chi connectivity index (χ1) is 15.6. The van der Waals surface area contributed by atoms with Gasteiger partial charge < -0.3 is 10.3 Å². The Morgan fingerprint density at radius 3 is 2.33 bits per heavy atom. The molecule has 0 unspecified atom stereocenters. The summed E-state index contributed by atoms with van der Waals surface area (Å²) < 4.78 is 25.8. The monoisotopic (exact) mass is 485 g/mol. The third-order valence-electron chi connectivity index (χ3n) is 4.98. The van der Waals surface area contributed by atoms with Gasteiger partial charge in [-0.3, -0.25) is 9.59 Å². The Hall–Kier alpha value is -2.91. The molecule has 7 nitrogen and oxygen atoms in total. The number of thioether (sulfide) groups is 1. The smallest absolute Gasteiger partial charge is 0.270 e. The van der Waals surface area contributed by atoms with Gasteiger partial charge in [-0.2, -0.15) is 0 Å². The normalized spacial score (nSPS) is 11.8. The summed E-state index contributed by atoms with van der Waals surface area (Å²) in [6.07, 6.45) is 1.76. The van der Waals surface area contributed by atoms with Gasteiger partial charge in [0.1, 0.15) is 0 Å². The Kier molecular flexibility index (Phi) is 7.76. The molecular formula is C24H27N3O4S2. The third-order valence-corrected chi connectivity index (χ3v) is 7.63. The number of benzene rings is 2. The fourth-order valence-corrected chi connectivity index (χ4v) is 4.97. The fraction of sp³-hybridized carbons (Fsp3) is 0.292. The molecule has 2 aromatic carbocycles. The van der Waals surface area contributed by atoms with Crippen LogP contribution in [0.5, 0.6) is 0 Å². The van der Waals surface area contributed by atoms with Crippen LogP contribution >= 0.6 is 11.8 Å². The Morgan fingerprint density at radius 1 is 1.06 bits per heavy atom. The zero-order valence-corrected chi connectivity index (χ0v) is 20.4. The summed E-state index contributed by atoms with van der Waals surface area (Å²) in [5.41, 5.74) is 1.23. The van der Waals surface area contributed by atoms with Crippen LogP contribution in [-0.2, 0) is 26.5 Å². The lowest BCUT2D eigenvalue weighted by Gasteiger charge is -2.19. The first kappa shape index (κ1) is 24.7. The molecule has 1 aromatic heterocycles. The van der Waals surface area contributed by atoms with E-state index in [0.717, 1.165) is 35.5 Å². The SMILES string of the molecule is CC(C)(C)c1ccc(S(=O)(=O)c2cnc(SCC(=O)NCCc3ccccc3)[nH]c2=O)cc1. The van der Waals surface area contributed by atoms with E-state index in [1.54, 1.807) is 12.1 Å². The van der Waals surface area contributed by atoms with Crippen molar-refractivity contribution < 1.29 is 13.2 Å². The first-order valence-electron chi connectivity index (χ1n) is 10.5. The quantitative estimate of drug-likeness (QED) is 0.374. The van der Waals surface area contributed by atoms with Crippen LogP contribution in [0.2, 0.25) is 0 Å². The summed E-state index contributed by atoms with van der Waals surface area (Å²) in [6, 6.07) is 16.3. The van der Waals surface area contributed by atoms with Crippen molar-refractivity contribution in [2.45, 2.75) is 47.6 Å². The van der Waals surface area contributed by atoms with Crippen LogP contribution in [0.15, 0.2) is 80.5 Å². The average molecular weight is 486 g/mol. The van der Waals surface area contributed by atoms with E-state index in [9.17, 15) is 18.0 Å². The maximum absolute atomic E-state index is 12.9. The minimum absolute atomic E-state index is 0.0287. The highest BCUT2D eigenvalue weighted by Crippen LogP contribution is 2.25. The number of carbonyl (C=O) groups is 1. The molecular weight excluding hydrogens is 458 g/mol. The van der Waals surface area contributed by atoms with Gasteiger partial charge in [0, 0.05) is 6.54 Å². The van der Waals surface area contributed by atoms with E-state index in [1.807, 2.05) is 51.1 Å². The van der Waals surface area contributed by atoms with Gasteiger partial charge in [0.25, 0.3) is 5.56 Å². The van der Waals surface area contributed by atoms with Crippen molar-refractivity contribution in [3.05, 3.63) is 82.3 Å². The molecule has 1 heterocycles. The Morgan fingerprint density at radius 2 is 1.73 bits per heavy atom. The third kappa shape index (κ3) is 6.55. The number of hydrogen-bond donors (Lipinski definition) is 2. The number of amides is 1. The lowest BCUT2D eigenvalue weighted by atomic mass is 9.87. The van der Waals surface area contributed by atoms with Gasteiger partial charge in [-0.05, 0) is 35.1 Å². The Balaban J connectivity index is 1.61. The van der Waals surface area contributed by atoms with Crippen LogP contribution in [0.25, 0.3) is 0 Å². The van der Waals surface area contributed by atoms with E-state index in [-0.39, 0.29) is 27.1 Å². The van der Waals surface area contributed by atoms with Gasteiger partial charge >= 0.3 is 0 Å². The van der Waals surface area contributed by atoms with Gasteiger partial charge in [-0.15, -0.1) is 0 Å². The van der Waals surface area contributed by atoms with E-state index < -0.39 is 20.3 Å². The van der Waals surface area contributed by atoms with Crippen LogP contribution in [0.1, 0.15) is 31.9 Å². The number of H-pyrrole nitrogens is 1. The lowest BCUT2D eigenvalue weighted by Crippen LogP contribution is -2.27. The summed E-state index contributed by atoms with van der Waals surface area (Å²) in [7, 11) is -4.01. The number of aromatic nitrogens is 2. The second kappa shape index (κ2) is 10.4. The summed E-state index contributed by atoms with van der Waals surface area (Å²) in [5, 5.41) is 2.99. The minimum Gasteiger partial charge on any atom is -0.355 e. The summed E-state index contributed by atoms with van der Waals surface area (Å²) in [4.78, 5) is 30.6. The molecule has 3 rings (SSSR count). The van der Waals surface area contributed by atoms with Crippen molar-refractivity contribution >= 4 is 27.5 Å². The summed E-state index contributed by atoms with van der Waals surface area (Å²) in [5.74, 6) is -0.146. The van der Waals surface area contributed by atoms with Gasteiger partial charge in [-0.25, -0.2) is 13.4 Å². The zero-order valence-electron chi connectivity index (χ0n) is 18.8. The van der Waals surface area contributed by atoms with E-state index in [0.29, 0.717) is 6.54 Å². The largest absolute Gasteiger partial charge is 0.355 e. The summed E-state index contributed by atoms with van der Waals surface area (Å²) in [6.45, 7) is 6.60. The average Bonchev–Trinajstić information content (AvgIpc) is 2.78. The highest BCUT2D eigenvalue weighted by Gasteiger charge is 2.23. The molecule has 9 heteroatoms. The Labute approximate surface area is 198 Å². The van der Waals surface area contributed by atoms with Crippen LogP contribution in [-0.4, -0.2) is 36.6 Å². The van der Waals surface area contributed by atoms with Gasteiger partial charge in [-0.1, -0.05) is 75.0 Å². The first-order valence-corrected chi connectivity index (χ1v) is 12.9. The molecule has 0 saturated carbocycles. The predicted molar refractivity (Wildman–Crippen MR) is 129 cm³/mol. The van der Waals surface area contributed by atoms with Gasteiger partial charge in [0.15, 0.2) is 10.1 Å². The highest BCUT2D eigenvalue weighted by molar-refractivity contribution is 7.99. The molecule has 3 aromatic rings. The van der Waals surface area contributed by atoms with Crippen LogP contribution in [0.3, 0.4) is 0 Å². The number of nitrogens with one attached hydrogen (secondary N) is 2. The molecule has 33 heavy (non-hydrogen) atoms. The zero-order chi connectivity index (χ0) is 24.1. The van der Waals surface area contributed by atoms with E-state index in [4.69, 9.17) is 0 Å². The van der Waals surface area contributed by atoms with Crippen LogP contribution < -0.4 is 10.9 Å². The molecule has 0 bridgehead atoms. The lowest BCUT2D eigenvalue weighted by molar-refractivity contribution is -0.118. The van der Waals surface area contributed by atoms with E-state index >= 15 is 0 Å². The van der Waals surface area contributed by atoms with Crippen molar-refractivity contribution in [1.82, 2.24) is 15.3 Å². The predicted octanol–water partition coefficient (Wildman–Crippen LogP) is 3.35. The molecule has 0 radical (unpaired) electrons. The van der Waals surface area contributed by atoms with Crippen LogP contribution in [0, 0.1) is 0 Å². The fourth-order valence-electron chi connectivity index (χ4n) is 3.07. The maximum Gasteiger partial charge on any atom is 0.270 e. The second-order valence-corrected chi connectivity index (χ2v) is 11.4. The molecule has 1 amide bonds. The van der Waals surface area contributed by atoms with Crippen molar-refractivity contribution in [3.63, 3.8) is 0 Å². The second-order valence-electron chi connectivity index (χ2n) is 8.53. The molecule has 174 valence electrons. The Bertz CT molecular complexity index is 1260. The minimum atomic E-state index is -4.01. The molecule has 0 atom stereocenters. The molecule has 0 aliphatic heterocycles. The number of hydrogen-bond acceptors (Lipinski definition) is 6. The highest BCUT2D eigenvalue weighted by atomic mass is 32.2. The van der Waals surface area contributed by atoms with Crippen molar-refractivity contribution in [1.29, 1.82) is 0 Å². The van der Waals surface area contributed by atoms with Crippen molar-refractivity contribution in [2.75, 3.05) is 12.3 Å². The van der Waals surface area contributed by atoms with Crippen molar-refractivity contribution in [3.8, 4) is 0 Å². The topological polar surface area (TPSA) is 109 Å². The molecule has 0 aliphatic carbocycles. The summed E-state index contributed by atoms with van der Waals surface area (Å²) >= 11 is 1.04. The van der Waals surface area contributed by atoms with E-state index in [1.165, 1.54) is 12.1 Å². The molecule has 0 aliphatic rings. The van der Waals surface area contributed by atoms with Crippen molar-refractivity contribution in [2.24, 2.45) is 0 Å². The number of aromatic amines is 1. The van der Waals surface area contributed by atoms with Gasteiger partial charge in [0.05, 0.1) is 16.8 Å². The standard InChI is InChI=1S/C24H27N3O4S2/c1-24(2,3)18-9-11-19(12-10-18)33(30,31)20-15-26-23(27-22(20)29)32-16-21(28)25-14-13-17-7-5-4-6-8-17/h4-12,15H,13-14,16H2,1-3H3,(H,25,28)(H,26,27,29). The van der Waals surface area contributed by atoms with Gasteiger partial charge in [0.2, 0.25) is 15.7 Å². The van der Waals surface area contributed by atoms with Crippen LogP contribution in [0.4, 0.5) is 0 Å². The number of carbonyl (C=O) groups excluding carboxylic acids is 1. The number of rotatable bonds is 8.